The first-order valence-corrected chi connectivity index (χ1v) is 7.62. The second kappa shape index (κ2) is 7.88. The van der Waals surface area contributed by atoms with Crippen molar-refractivity contribution in [2.24, 2.45) is 11.8 Å². The van der Waals surface area contributed by atoms with Crippen LogP contribution in [0.1, 0.15) is 48.9 Å². The molecule has 0 unspecified atom stereocenters. The van der Waals surface area contributed by atoms with Crippen molar-refractivity contribution in [1.29, 1.82) is 0 Å². The molecule has 0 aromatic heterocycles. The molecule has 0 amide bonds. The topological polar surface area (TPSA) is 26.3 Å². The fourth-order valence-electron chi connectivity index (χ4n) is 2.97. The number of carbonyl (C=O) groups is 1. The molecule has 0 saturated heterocycles. The predicted octanol–water partition coefficient (Wildman–Crippen LogP) is 4.62. The van der Waals surface area contributed by atoms with E-state index < -0.39 is 0 Å². The molecule has 0 radical (unpaired) electrons. The molecule has 1 aliphatic rings. The quantitative estimate of drug-likeness (QED) is 0.558. The van der Waals surface area contributed by atoms with Gasteiger partial charge in [-0.3, -0.25) is 0 Å². The van der Waals surface area contributed by atoms with Gasteiger partial charge in [-0.05, 0) is 49.7 Å². The van der Waals surface area contributed by atoms with Crippen LogP contribution in [0.5, 0.6) is 0 Å². The zero-order chi connectivity index (χ0) is 14.2. The molecule has 0 heterocycles. The van der Waals surface area contributed by atoms with E-state index in [1.807, 2.05) is 24.3 Å². The monoisotopic (exact) mass is 272 g/mol. The largest absolute Gasteiger partial charge is 0.462 e. The van der Waals surface area contributed by atoms with Gasteiger partial charge in [0.25, 0.3) is 0 Å². The minimum absolute atomic E-state index is 0.203. The van der Waals surface area contributed by atoms with Crippen molar-refractivity contribution in [2.45, 2.75) is 38.5 Å². The third-order valence-corrected chi connectivity index (χ3v) is 4.24. The molecule has 0 N–H and O–H groups in total. The van der Waals surface area contributed by atoms with Crippen LogP contribution >= 0.6 is 0 Å². The van der Waals surface area contributed by atoms with Gasteiger partial charge in [-0.25, -0.2) is 4.79 Å². The Hall–Kier alpha value is -1.57. The molecule has 0 bridgehead atoms. The molecule has 1 fully saturated rings. The molecule has 2 heteroatoms. The van der Waals surface area contributed by atoms with Crippen molar-refractivity contribution in [3.8, 4) is 0 Å². The van der Waals surface area contributed by atoms with Crippen LogP contribution < -0.4 is 0 Å². The zero-order valence-electron chi connectivity index (χ0n) is 12.1. The molecule has 108 valence electrons. The van der Waals surface area contributed by atoms with Crippen molar-refractivity contribution in [3.05, 3.63) is 48.6 Å². The average Bonchev–Trinajstić information content (AvgIpc) is 2.50. The van der Waals surface area contributed by atoms with Crippen LogP contribution in [0.2, 0.25) is 0 Å². The number of carbonyl (C=O) groups excluding carboxylic acids is 1. The van der Waals surface area contributed by atoms with E-state index >= 15 is 0 Å². The van der Waals surface area contributed by atoms with E-state index in [0.717, 1.165) is 24.7 Å². The van der Waals surface area contributed by atoms with E-state index in [-0.39, 0.29) is 5.97 Å². The van der Waals surface area contributed by atoms with Crippen LogP contribution in [0.25, 0.3) is 0 Å². The van der Waals surface area contributed by atoms with Crippen molar-refractivity contribution in [3.63, 3.8) is 0 Å². The second-order valence-corrected chi connectivity index (χ2v) is 5.70. The van der Waals surface area contributed by atoms with Gasteiger partial charge in [-0.15, -0.1) is 6.58 Å². The summed E-state index contributed by atoms with van der Waals surface area (Å²) in [5, 5.41) is 0. The Balaban J connectivity index is 1.64. The molecule has 0 aliphatic heterocycles. The lowest BCUT2D eigenvalue weighted by atomic mass is 9.79. The zero-order valence-corrected chi connectivity index (χ0v) is 12.1. The lowest BCUT2D eigenvalue weighted by Gasteiger charge is -2.27. The van der Waals surface area contributed by atoms with Gasteiger partial charge in [-0.2, -0.15) is 0 Å². The summed E-state index contributed by atoms with van der Waals surface area (Å²) in [4.78, 5) is 11.8. The standard InChI is InChI=1S/C18H24O2/c1-2-6-15-9-11-16(12-10-15)13-14-20-18(19)17-7-4-3-5-8-17/h2-5,7-8,15-16H,1,6,9-14H2. The normalized spacial score (nSPS) is 22.2. The molecule has 20 heavy (non-hydrogen) atoms. The van der Waals surface area contributed by atoms with E-state index in [9.17, 15) is 4.79 Å². The lowest BCUT2D eigenvalue weighted by molar-refractivity contribution is 0.0470. The first-order chi connectivity index (χ1) is 9.79. The summed E-state index contributed by atoms with van der Waals surface area (Å²) in [7, 11) is 0. The molecule has 0 atom stereocenters. The van der Waals surface area contributed by atoms with Gasteiger partial charge in [0.15, 0.2) is 0 Å². The summed E-state index contributed by atoms with van der Waals surface area (Å²) in [6.45, 7) is 4.36. The number of esters is 1. The molecular formula is C18H24O2. The highest BCUT2D eigenvalue weighted by Gasteiger charge is 2.20. The fraction of sp³-hybridized carbons (Fsp3) is 0.500. The van der Waals surface area contributed by atoms with Crippen LogP contribution in [0.3, 0.4) is 0 Å². The van der Waals surface area contributed by atoms with Gasteiger partial charge >= 0.3 is 5.97 Å². The van der Waals surface area contributed by atoms with Gasteiger partial charge < -0.3 is 4.74 Å². The minimum Gasteiger partial charge on any atom is -0.462 e. The van der Waals surface area contributed by atoms with Crippen LogP contribution in [-0.2, 0) is 4.74 Å². The van der Waals surface area contributed by atoms with E-state index in [2.05, 4.69) is 6.58 Å². The van der Waals surface area contributed by atoms with Crippen molar-refractivity contribution < 1.29 is 9.53 Å². The Morgan fingerprint density at radius 2 is 1.80 bits per heavy atom. The SMILES string of the molecule is C=CCC1CCC(CCOC(=O)c2ccccc2)CC1. The molecular weight excluding hydrogens is 248 g/mol. The van der Waals surface area contributed by atoms with Gasteiger partial charge in [0.1, 0.15) is 0 Å². The molecule has 1 aromatic rings. The highest BCUT2D eigenvalue weighted by Crippen LogP contribution is 2.32. The maximum Gasteiger partial charge on any atom is 0.338 e. The van der Waals surface area contributed by atoms with E-state index in [1.54, 1.807) is 12.1 Å². The highest BCUT2D eigenvalue weighted by molar-refractivity contribution is 5.89. The molecule has 2 rings (SSSR count). The molecule has 1 aromatic carbocycles. The summed E-state index contributed by atoms with van der Waals surface area (Å²) in [6.07, 6.45) is 9.30. The summed E-state index contributed by atoms with van der Waals surface area (Å²) in [5.41, 5.74) is 0.641. The van der Waals surface area contributed by atoms with Gasteiger partial charge in [0.2, 0.25) is 0 Å². The Kier molecular flexibility index (Phi) is 5.85. The number of ether oxygens (including phenoxy) is 1. The number of hydrogen-bond donors (Lipinski definition) is 0. The first-order valence-electron chi connectivity index (χ1n) is 7.62. The molecule has 2 nitrogen and oxygen atoms in total. The number of allylic oxidation sites excluding steroid dienone is 1. The summed E-state index contributed by atoms with van der Waals surface area (Å²) < 4.78 is 5.35. The Morgan fingerprint density at radius 3 is 2.45 bits per heavy atom. The second-order valence-electron chi connectivity index (χ2n) is 5.70. The number of rotatable bonds is 6. The lowest BCUT2D eigenvalue weighted by Crippen LogP contribution is -2.16. The summed E-state index contributed by atoms with van der Waals surface area (Å²) >= 11 is 0. The Labute approximate surface area is 121 Å². The maximum atomic E-state index is 11.8. The van der Waals surface area contributed by atoms with Crippen LogP contribution in [0.4, 0.5) is 0 Å². The highest BCUT2D eigenvalue weighted by atomic mass is 16.5. The third-order valence-electron chi connectivity index (χ3n) is 4.24. The third kappa shape index (κ3) is 4.52. The minimum atomic E-state index is -0.203. The van der Waals surface area contributed by atoms with Crippen LogP contribution in [0.15, 0.2) is 43.0 Å². The van der Waals surface area contributed by atoms with Gasteiger partial charge in [0.05, 0.1) is 12.2 Å². The summed E-state index contributed by atoms with van der Waals surface area (Å²) in [6, 6.07) is 9.21. The predicted molar refractivity (Wildman–Crippen MR) is 81.6 cm³/mol. The van der Waals surface area contributed by atoms with Gasteiger partial charge in [0, 0.05) is 0 Å². The molecule has 1 aliphatic carbocycles. The van der Waals surface area contributed by atoms with Crippen LogP contribution in [-0.4, -0.2) is 12.6 Å². The molecule has 1 saturated carbocycles. The van der Waals surface area contributed by atoms with Crippen molar-refractivity contribution >= 4 is 5.97 Å². The number of hydrogen-bond acceptors (Lipinski definition) is 2. The van der Waals surface area contributed by atoms with E-state index in [0.29, 0.717) is 12.2 Å². The fourth-order valence-corrected chi connectivity index (χ4v) is 2.97. The first kappa shape index (κ1) is 14.8. The number of benzene rings is 1. The van der Waals surface area contributed by atoms with Crippen LogP contribution in [0, 0.1) is 11.8 Å². The average molecular weight is 272 g/mol. The van der Waals surface area contributed by atoms with Crippen molar-refractivity contribution in [1.82, 2.24) is 0 Å². The maximum absolute atomic E-state index is 11.8. The van der Waals surface area contributed by atoms with Gasteiger partial charge in [-0.1, -0.05) is 37.1 Å². The molecule has 0 spiro atoms. The smallest absolute Gasteiger partial charge is 0.338 e. The van der Waals surface area contributed by atoms with E-state index in [1.165, 1.54) is 25.7 Å². The Morgan fingerprint density at radius 1 is 1.15 bits per heavy atom. The van der Waals surface area contributed by atoms with E-state index in [4.69, 9.17) is 4.74 Å². The summed E-state index contributed by atoms with van der Waals surface area (Å²) in [5.74, 6) is 1.35. The van der Waals surface area contributed by atoms with Crippen molar-refractivity contribution in [2.75, 3.05) is 6.61 Å². The Bertz CT molecular complexity index is 416.